The lowest BCUT2D eigenvalue weighted by Gasteiger charge is -2.24. The third-order valence-corrected chi connectivity index (χ3v) is 4.17. The van der Waals surface area contributed by atoms with E-state index in [0.29, 0.717) is 5.56 Å². The van der Waals surface area contributed by atoms with Crippen molar-refractivity contribution >= 4 is 29.3 Å². The first-order chi connectivity index (χ1) is 12.4. The summed E-state index contributed by atoms with van der Waals surface area (Å²) in [6, 6.07) is 5.12. The molecule has 0 spiro atoms. The molecule has 0 radical (unpaired) electrons. The van der Waals surface area contributed by atoms with Gasteiger partial charge in [0.1, 0.15) is 17.2 Å². The number of hydrogen-bond donors (Lipinski definition) is 0. The van der Waals surface area contributed by atoms with E-state index in [-0.39, 0.29) is 22.3 Å². The molecule has 2 nitrogen and oxygen atoms in total. The van der Waals surface area contributed by atoms with Crippen LogP contribution in [0, 0.1) is 0 Å². The van der Waals surface area contributed by atoms with Crippen molar-refractivity contribution in [3.8, 4) is 17.2 Å². The lowest BCUT2D eigenvalue weighted by Crippen LogP contribution is -2.33. The van der Waals surface area contributed by atoms with Gasteiger partial charge in [-0.25, -0.2) is 0 Å². The average molecular weight is 429 g/mol. The van der Waals surface area contributed by atoms with Crippen molar-refractivity contribution in [2.75, 3.05) is 0 Å². The molecule has 0 aromatic heterocycles. The lowest BCUT2D eigenvalue weighted by atomic mass is 10.1. The van der Waals surface area contributed by atoms with Gasteiger partial charge in [0.2, 0.25) is 6.10 Å². The zero-order valence-corrected chi connectivity index (χ0v) is 14.5. The second-order valence-corrected chi connectivity index (χ2v) is 6.32. The molecular weight excluding hydrogens is 421 g/mol. The highest BCUT2D eigenvalue weighted by atomic mass is 35.5. The normalized spacial score (nSPS) is 16.7. The van der Waals surface area contributed by atoms with Crippen LogP contribution in [0.25, 0.3) is 6.08 Å². The highest BCUT2D eigenvalue weighted by Gasteiger charge is 2.41. The van der Waals surface area contributed by atoms with Crippen LogP contribution in [0.5, 0.6) is 17.2 Å². The summed E-state index contributed by atoms with van der Waals surface area (Å²) in [5.41, 5.74) is -0.743. The van der Waals surface area contributed by atoms with E-state index in [2.05, 4.69) is 0 Å². The molecule has 1 aliphatic rings. The first-order valence-corrected chi connectivity index (χ1v) is 8.00. The molecule has 0 aliphatic carbocycles. The van der Waals surface area contributed by atoms with Crippen LogP contribution < -0.4 is 9.47 Å². The van der Waals surface area contributed by atoms with Crippen LogP contribution >= 0.6 is 23.2 Å². The Bertz CT molecular complexity index is 906. The van der Waals surface area contributed by atoms with Gasteiger partial charge in [-0.05, 0) is 24.3 Å². The summed E-state index contributed by atoms with van der Waals surface area (Å²) in [5, 5.41) is -0.561. The Labute approximate surface area is 158 Å². The van der Waals surface area contributed by atoms with E-state index in [1.807, 2.05) is 0 Å². The van der Waals surface area contributed by atoms with Crippen LogP contribution in [0.1, 0.15) is 11.1 Å². The molecule has 144 valence electrons. The summed E-state index contributed by atoms with van der Waals surface area (Å²) in [6.07, 6.45) is -9.31. The molecule has 2 aromatic rings. The van der Waals surface area contributed by atoms with Crippen LogP contribution in [-0.2, 0) is 6.18 Å². The van der Waals surface area contributed by atoms with Gasteiger partial charge in [-0.15, -0.1) is 0 Å². The second kappa shape index (κ2) is 6.83. The summed E-state index contributed by atoms with van der Waals surface area (Å²) < 4.78 is 86.9. The predicted molar refractivity (Wildman–Crippen MR) is 87.5 cm³/mol. The Morgan fingerprint density at radius 3 is 2.22 bits per heavy atom. The topological polar surface area (TPSA) is 18.5 Å². The molecule has 2 aromatic carbocycles. The lowest BCUT2D eigenvalue weighted by molar-refractivity contribution is -0.180. The van der Waals surface area contributed by atoms with E-state index in [4.69, 9.17) is 32.7 Å². The number of hydrogen-bond acceptors (Lipinski definition) is 2. The summed E-state index contributed by atoms with van der Waals surface area (Å²) in [5.74, 6) is -0.298. The average Bonchev–Trinajstić information content (AvgIpc) is 2.53. The van der Waals surface area contributed by atoms with Gasteiger partial charge in [0.15, 0.2) is 0 Å². The molecule has 0 bridgehead atoms. The fourth-order valence-corrected chi connectivity index (χ4v) is 2.81. The van der Waals surface area contributed by atoms with Crippen molar-refractivity contribution in [3.63, 3.8) is 0 Å². The van der Waals surface area contributed by atoms with Gasteiger partial charge in [0.25, 0.3) is 0 Å². The molecule has 0 saturated heterocycles. The Hall–Kier alpha value is -2.06. The highest BCUT2D eigenvalue weighted by molar-refractivity contribution is 6.32. The summed E-state index contributed by atoms with van der Waals surface area (Å²) >= 11 is 11.6. The maximum Gasteiger partial charge on any atom is 0.429 e. The van der Waals surface area contributed by atoms with Crippen LogP contribution in [0.3, 0.4) is 0 Å². The van der Waals surface area contributed by atoms with Gasteiger partial charge in [-0.3, -0.25) is 0 Å². The van der Waals surface area contributed by atoms with Gasteiger partial charge in [-0.1, -0.05) is 29.3 Å². The maximum absolute atomic E-state index is 12.8. The van der Waals surface area contributed by atoms with Crippen molar-refractivity contribution in [1.29, 1.82) is 0 Å². The molecule has 10 heteroatoms. The fraction of sp³-hybridized carbons (Fsp3) is 0.176. The second-order valence-electron chi connectivity index (χ2n) is 5.50. The molecule has 0 N–H and O–H groups in total. The molecule has 0 amide bonds. The largest absolute Gasteiger partial charge is 0.476 e. The predicted octanol–water partition coefficient (Wildman–Crippen LogP) is 7.14. The van der Waals surface area contributed by atoms with Crippen molar-refractivity contribution in [1.82, 2.24) is 0 Å². The zero-order valence-electron chi connectivity index (χ0n) is 13.0. The molecule has 1 aliphatic heterocycles. The zero-order chi connectivity index (χ0) is 20.0. The van der Waals surface area contributed by atoms with Gasteiger partial charge < -0.3 is 9.47 Å². The standard InChI is InChI=1S/C17H8Cl2F6O2/c18-11-6-9(2-3-10(11)16(20,21)22)26-14-7-13-8(5-12(14)19)1-4-15(27-13)17(23,24)25/h1-7,15H. The quantitative estimate of drug-likeness (QED) is 0.473. The van der Waals surface area contributed by atoms with E-state index in [9.17, 15) is 26.3 Å². The van der Waals surface area contributed by atoms with E-state index < -0.39 is 29.0 Å². The summed E-state index contributed by atoms with van der Waals surface area (Å²) in [6.45, 7) is 0. The minimum absolute atomic E-state index is 0.0310. The first-order valence-electron chi connectivity index (χ1n) is 7.25. The third-order valence-electron chi connectivity index (χ3n) is 3.57. The van der Waals surface area contributed by atoms with Gasteiger partial charge in [0.05, 0.1) is 15.6 Å². The van der Waals surface area contributed by atoms with E-state index in [1.54, 1.807) is 0 Å². The monoisotopic (exact) mass is 428 g/mol. The molecule has 27 heavy (non-hydrogen) atoms. The van der Waals surface area contributed by atoms with Crippen molar-refractivity contribution in [2.24, 2.45) is 0 Å². The number of fused-ring (bicyclic) bond motifs is 1. The van der Waals surface area contributed by atoms with Crippen LogP contribution in [-0.4, -0.2) is 12.3 Å². The number of ether oxygens (including phenoxy) is 2. The van der Waals surface area contributed by atoms with Gasteiger partial charge >= 0.3 is 12.4 Å². The smallest absolute Gasteiger partial charge is 0.429 e. The third kappa shape index (κ3) is 4.27. The molecule has 0 saturated carbocycles. The van der Waals surface area contributed by atoms with Gasteiger partial charge in [0, 0.05) is 17.7 Å². The highest BCUT2D eigenvalue weighted by Crippen LogP contribution is 2.42. The van der Waals surface area contributed by atoms with E-state index in [1.165, 1.54) is 12.1 Å². The molecule has 1 atom stereocenters. The number of alkyl halides is 6. The number of rotatable bonds is 2. The molecule has 3 rings (SSSR count). The van der Waals surface area contributed by atoms with E-state index in [0.717, 1.165) is 30.3 Å². The van der Waals surface area contributed by atoms with Crippen LogP contribution in [0.4, 0.5) is 26.3 Å². The molecule has 1 heterocycles. The Morgan fingerprint density at radius 2 is 1.63 bits per heavy atom. The van der Waals surface area contributed by atoms with Crippen molar-refractivity contribution < 1.29 is 35.8 Å². The SMILES string of the molecule is FC(F)(F)c1ccc(Oc2cc3c(cc2Cl)C=CC(C(F)(F)F)O3)cc1Cl. The van der Waals surface area contributed by atoms with E-state index >= 15 is 0 Å². The summed E-state index contributed by atoms with van der Waals surface area (Å²) in [4.78, 5) is 0. The molecule has 0 fully saturated rings. The Kier molecular flexibility index (Phi) is 4.98. The molecule has 1 unspecified atom stereocenters. The fourth-order valence-electron chi connectivity index (χ4n) is 2.32. The van der Waals surface area contributed by atoms with Crippen molar-refractivity contribution in [2.45, 2.75) is 18.5 Å². The summed E-state index contributed by atoms with van der Waals surface area (Å²) in [7, 11) is 0. The van der Waals surface area contributed by atoms with Crippen molar-refractivity contribution in [3.05, 3.63) is 57.6 Å². The minimum Gasteiger partial charge on any atom is -0.476 e. The Balaban J connectivity index is 1.89. The van der Waals surface area contributed by atoms with Gasteiger partial charge in [-0.2, -0.15) is 26.3 Å². The number of benzene rings is 2. The molecular formula is C17H8Cl2F6O2. The maximum atomic E-state index is 12.8. The van der Waals surface area contributed by atoms with Crippen LogP contribution in [0.2, 0.25) is 10.0 Å². The minimum atomic E-state index is -4.63. The number of halogens is 8. The Morgan fingerprint density at radius 1 is 0.926 bits per heavy atom. The van der Waals surface area contributed by atoms with Crippen LogP contribution in [0.15, 0.2) is 36.4 Å². The first kappa shape index (κ1) is 19.7.